The maximum atomic E-state index is 13.4. The third-order valence-electron chi connectivity index (χ3n) is 6.18. The van der Waals surface area contributed by atoms with Crippen molar-refractivity contribution in [1.82, 2.24) is 15.2 Å². The number of amides is 1. The van der Waals surface area contributed by atoms with Gasteiger partial charge in [-0.15, -0.1) is 0 Å². The van der Waals surface area contributed by atoms with Crippen LogP contribution in [0.1, 0.15) is 41.1 Å². The molecule has 3 aromatic rings. The molecule has 0 bridgehead atoms. The molecule has 0 spiro atoms. The van der Waals surface area contributed by atoms with E-state index in [9.17, 15) is 31.1 Å². The number of hydrogen-bond acceptors (Lipinski definition) is 4. The van der Waals surface area contributed by atoms with Gasteiger partial charge >= 0.3 is 18.4 Å². The fourth-order valence-electron chi connectivity index (χ4n) is 4.56. The second-order valence-corrected chi connectivity index (χ2v) is 8.62. The molecule has 1 N–H and O–H groups in total. The van der Waals surface area contributed by atoms with Crippen molar-refractivity contribution < 1.29 is 35.9 Å². The number of carbonyl (C=O) groups is 1. The molecule has 2 atom stereocenters. The Kier molecular flexibility index (Phi) is 7.12. The van der Waals surface area contributed by atoms with Crippen molar-refractivity contribution in [3.05, 3.63) is 77.0 Å². The lowest BCUT2D eigenvalue weighted by Gasteiger charge is -2.35. The summed E-state index contributed by atoms with van der Waals surface area (Å²) in [5, 5.41) is 4.06. The van der Waals surface area contributed by atoms with Crippen molar-refractivity contribution in [3.63, 3.8) is 0 Å². The molecule has 1 amide bonds. The van der Waals surface area contributed by atoms with Crippen molar-refractivity contribution in [3.8, 4) is 0 Å². The highest BCUT2D eigenvalue weighted by molar-refractivity contribution is 5.79. The predicted molar refractivity (Wildman–Crippen MR) is 120 cm³/mol. The number of benzene rings is 2. The Labute approximate surface area is 203 Å². The molecule has 0 radical (unpaired) electrons. The van der Waals surface area contributed by atoms with Gasteiger partial charge in [0.05, 0.1) is 29.8 Å². The summed E-state index contributed by atoms with van der Waals surface area (Å²) >= 11 is 0. The zero-order valence-electron chi connectivity index (χ0n) is 19.2. The van der Waals surface area contributed by atoms with Crippen molar-refractivity contribution in [2.24, 2.45) is 0 Å². The summed E-state index contributed by atoms with van der Waals surface area (Å²) in [5.74, 6) is 0. The normalized spacial score (nSPS) is 17.2. The summed E-state index contributed by atoms with van der Waals surface area (Å²) in [7, 11) is 1.11. The van der Waals surface area contributed by atoms with Crippen molar-refractivity contribution in [2.75, 3.05) is 13.7 Å². The summed E-state index contributed by atoms with van der Waals surface area (Å²) < 4.78 is 85.5. The number of pyridine rings is 1. The Morgan fingerprint density at radius 1 is 1.08 bits per heavy atom. The van der Waals surface area contributed by atoms with E-state index in [1.54, 1.807) is 12.3 Å². The lowest BCUT2D eigenvalue weighted by Crippen LogP contribution is -2.44. The van der Waals surface area contributed by atoms with Crippen LogP contribution in [0.4, 0.5) is 31.1 Å². The van der Waals surface area contributed by atoms with E-state index < -0.39 is 42.2 Å². The zero-order chi connectivity index (χ0) is 26.1. The molecule has 192 valence electrons. The van der Waals surface area contributed by atoms with Crippen LogP contribution in [0.15, 0.2) is 54.7 Å². The quantitative estimate of drug-likeness (QED) is 0.407. The summed E-state index contributed by atoms with van der Waals surface area (Å²) in [6.45, 7) is 0.119. The number of hydrogen-bond donors (Lipinski definition) is 1. The van der Waals surface area contributed by atoms with Gasteiger partial charge in [-0.1, -0.05) is 18.2 Å². The van der Waals surface area contributed by atoms with Crippen LogP contribution in [0.3, 0.4) is 0 Å². The van der Waals surface area contributed by atoms with Crippen LogP contribution < -0.4 is 5.32 Å². The maximum Gasteiger partial charge on any atom is 0.416 e. The van der Waals surface area contributed by atoms with E-state index in [1.165, 1.54) is 0 Å². The van der Waals surface area contributed by atoms with Gasteiger partial charge in [-0.25, -0.2) is 4.79 Å². The van der Waals surface area contributed by atoms with E-state index in [1.807, 2.05) is 24.3 Å². The lowest BCUT2D eigenvalue weighted by atomic mass is 9.95. The molecular formula is C25H23F6N3O2. The Hall–Kier alpha value is -3.34. The number of nitrogens with zero attached hydrogens (tertiary/aromatic N) is 2. The number of fused-ring (bicyclic) bond motifs is 1. The molecule has 0 aliphatic carbocycles. The number of nitrogens with one attached hydrogen (secondary N) is 1. The molecule has 4 rings (SSSR count). The molecule has 1 saturated heterocycles. The summed E-state index contributed by atoms with van der Waals surface area (Å²) in [4.78, 5) is 18.5. The Balaban J connectivity index is 1.81. The third kappa shape index (κ3) is 5.56. The number of halogens is 6. The maximum absolute atomic E-state index is 13.4. The minimum absolute atomic E-state index is 0.0647. The fraction of sp³-hybridized carbons (Fsp3) is 0.360. The monoisotopic (exact) mass is 511 g/mol. The molecule has 1 aliphatic heterocycles. The van der Waals surface area contributed by atoms with Crippen LogP contribution in [0.2, 0.25) is 0 Å². The SMILES string of the molecule is COC(=O)N(Cc1cc(C(F)(F)F)cc(C(F)(F)F)c1)C(c1cnc2ccccc2c1)C1CCCN1. The van der Waals surface area contributed by atoms with Crippen molar-refractivity contribution in [2.45, 2.75) is 43.8 Å². The number of carbonyl (C=O) groups excluding carboxylic acids is 1. The van der Waals surface area contributed by atoms with Crippen LogP contribution in [0.25, 0.3) is 10.9 Å². The largest absolute Gasteiger partial charge is 0.453 e. The van der Waals surface area contributed by atoms with E-state index in [4.69, 9.17) is 4.74 Å². The van der Waals surface area contributed by atoms with Crippen LogP contribution >= 0.6 is 0 Å². The van der Waals surface area contributed by atoms with Crippen molar-refractivity contribution >= 4 is 17.0 Å². The Morgan fingerprint density at radius 2 is 1.75 bits per heavy atom. The van der Waals surface area contributed by atoms with Gasteiger partial charge in [0.25, 0.3) is 0 Å². The number of ether oxygens (including phenoxy) is 1. The first-order valence-corrected chi connectivity index (χ1v) is 11.2. The predicted octanol–water partition coefficient (Wildman–Crippen LogP) is 6.33. The lowest BCUT2D eigenvalue weighted by molar-refractivity contribution is -0.143. The fourth-order valence-corrected chi connectivity index (χ4v) is 4.56. The number of aromatic nitrogens is 1. The van der Waals surface area contributed by atoms with Gasteiger partial charge in [0.1, 0.15) is 0 Å². The first kappa shape index (κ1) is 25.7. The van der Waals surface area contributed by atoms with Gasteiger partial charge in [-0.05, 0) is 60.8 Å². The van der Waals surface area contributed by atoms with Gasteiger partial charge in [-0.2, -0.15) is 26.3 Å². The first-order valence-electron chi connectivity index (χ1n) is 11.2. The molecule has 2 heterocycles. The average Bonchev–Trinajstić information content (AvgIpc) is 3.36. The molecular weight excluding hydrogens is 488 g/mol. The van der Waals surface area contributed by atoms with Gasteiger partial charge in [-0.3, -0.25) is 9.88 Å². The van der Waals surface area contributed by atoms with Gasteiger partial charge in [0, 0.05) is 24.2 Å². The molecule has 0 saturated carbocycles. The zero-order valence-corrected chi connectivity index (χ0v) is 19.2. The van der Waals surface area contributed by atoms with E-state index >= 15 is 0 Å². The van der Waals surface area contributed by atoms with E-state index in [-0.39, 0.29) is 17.7 Å². The molecule has 1 fully saturated rings. The summed E-state index contributed by atoms with van der Waals surface area (Å²) in [5.41, 5.74) is -1.92. The molecule has 1 aliphatic rings. The van der Waals surface area contributed by atoms with Gasteiger partial charge < -0.3 is 10.1 Å². The topological polar surface area (TPSA) is 54.5 Å². The number of para-hydroxylation sites is 1. The minimum Gasteiger partial charge on any atom is -0.453 e. The van der Waals surface area contributed by atoms with Crippen LogP contribution in [0, 0.1) is 0 Å². The van der Waals surface area contributed by atoms with Gasteiger partial charge in [0.2, 0.25) is 0 Å². The van der Waals surface area contributed by atoms with E-state index in [0.29, 0.717) is 36.2 Å². The van der Waals surface area contributed by atoms with E-state index in [2.05, 4.69) is 10.3 Å². The van der Waals surface area contributed by atoms with E-state index in [0.717, 1.165) is 23.8 Å². The molecule has 36 heavy (non-hydrogen) atoms. The molecule has 1 aromatic heterocycles. The molecule has 2 aromatic carbocycles. The molecule has 2 unspecified atom stereocenters. The number of alkyl halides is 6. The highest BCUT2D eigenvalue weighted by Crippen LogP contribution is 2.38. The molecule has 11 heteroatoms. The average molecular weight is 511 g/mol. The standard InChI is InChI=1S/C25H23F6N3O2/c1-36-23(35)34(14-15-9-18(24(26,27)28)12-19(10-15)25(29,30)31)22(21-7-4-8-32-21)17-11-16-5-2-3-6-20(16)33-13-17/h2-3,5-6,9-13,21-22,32H,4,7-8,14H2,1H3. The summed E-state index contributed by atoms with van der Waals surface area (Å²) in [6, 6.07) is 9.35. The second kappa shape index (κ2) is 9.96. The van der Waals surface area contributed by atoms with Crippen molar-refractivity contribution in [1.29, 1.82) is 0 Å². The number of rotatable bonds is 5. The highest BCUT2D eigenvalue weighted by Gasteiger charge is 2.39. The van der Waals surface area contributed by atoms with Crippen LogP contribution in [-0.2, 0) is 23.6 Å². The second-order valence-electron chi connectivity index (χ2n) is 8.62. The van der Waals surface area contributed by atoms with Gasteiger partial charge in [0.15, 0.2) is 0 Å². The smallest absolute Gasteiger partial charge is 0.416 e. The minimum atomic E-state index is -5.00. The van der Waals surface area contributed by atoms with Crippen LogP contribution in [0.5, 0.6) is 0 Å². The molecule has 5 nitrogen and oxygen atoms in total. The highest BCUT2D eigenvalue weighted by atomic mass is 19.4. The first-order chi connectivity index (χ1) is 17.0. The summed E-state index contributed by atoms with van der Waals surface area (Å²) in [6.07, 6.45) is -7.88. The third-order valence-corrected chi connectivity index (χ3v) is 6.18. The van der Waals surface area contributed by atoms with Crippen LogP contribution in [-0.4, -0.2) is 35.7 Å². The Bertz CT molecular complexity index is 1210. The number of methoxy groups -OCH3 is 1. The Morgan fingerprint density at radius 3 is 2.33 bits per heavy atom.